The number of hydrogen-bond acceptors (Lipinski definition) is 2. The molecular formula is C12H12FN3O. The van der Waals surface area contributed by atoms with Crippen molar-refractivity contribution in [2.45, 2.75) is 13.8 Å². The van der Waals surface area contributed by atoms with Gasteiger partial charge < -0.3 is 0 Å². The van der Waals surface area contributed by atoms with Crippen LogP contribution in [0.3, 0.4) is 0 Å². The van der Waals surface area contributed by atoms with Crippen LogP contribution in [0.25, 0.3) is 0 Å². The zero-order chi connectivity index (χ0) is 12.4. The topological polar surface area (TPSA) is 46.9 Å². The lowest BCUT2D eigenvalue weighted by molar-refractivity contribution is 0.100. The maximum absolute atomic E-state index is 13.3. The molecule has 0 saturated carbocycles. The van der Waals surface area contributed by atoms with E-state index in [2.05, 4.69) is 10.4 Å². The van der Waals surface area contributed by atoms with Gasteiger partial charge in [0.1, 0.15) is 0 Å². The monoisotopic (exact) mass is 233 g/mol. The van der Waals surface area contributed by atoms with Crippen molar-refractivity contribution in [3.63, 3.8) is 0 Å². The summed E-state index contributed by atoms with van der Waals surface area (Å²) in [6, 6.07) is 5.09. The van der Waals surface area contributed by atoms with Gasteiger partial charge in [-0.25, -0.2) is 4.39 Å². The molecule has 5 heteroatoms. The number of aryl methyl sites for hydroxylation is 2. The van der Waals surface area contributed by atoms with Crippen molar-refractivity contribution in [2.24, 2.45) is 0 Å². The fourth-order valence-corrected chi connectivity index (χ4v) is 1.57. The predicted octanol–water partition coefficient (Wildman–Crippen LogP) is 2.02. The van der Waals surface area contributed by atoms with Crippen molar-refractivity contribution in [1.29, 1.82) is 0 Å². The molecule has 0 aliphatic rings. The van der Waals surface area contributed by atoms with Gasteiger partial charge >= 0.3 is 0 Å². The summed E-state index contributed by atoms with van der Waals surface area (Å²) in [6.07, 6.45) is 2.40. The molecule has 2 aromatic rings. The van der Waals surface area contributed by atoms with Gasteiger partial charge in [-0.2, -0.15) is 0 Å². The lowest BCUT2D eigenvalue weighted by atomic mass is 10.2. The van der Waals surface area contributed by atoms with Crippen molar-refractivity contribution in [1.82, 2.24) is 9.66 Å². The Balaban J connectivity index is 2.27. The minimum Gasteiger partial charge on any atom is -0.267 e. The summed E-state index contributed by atoms with van der Waals surface area (Å²) < 4.78 is 15.0. The molecule has 0 fully saturated rings. The van der Waals surface area contributed by atoms with E-state index in [4.69, 9.17) is 0 Å². The van der Waals surface area contributed by atoms with Crippen molar-refractivity contribution in [3.05, 3.63) is 53.4 Å². The third-order valence-corrected chi connectivity index (χ3v) is 2.50. The standard InChI is InChI=1S/C12H12FN3O/c1-8-3-4-9(2)16(8)15-12(17)10-5-6-14-7-11(10)13/h3-7H,1-2H3,(H,15,17). The Hall–Kier alpha value is -2.17. The summed E-state index contributed by atoms with van der Waals surface area (Å²) in [6.45, 7) is 3.71. The van der Waals surface area contributed by atoms with Gasteiger partial charge in [0.25, 0.3) is 5.91 Å². The highest BCUT2D eigenvalue weighted by molar-refractivity contribution is 6.00. The second kappa shape index (κ2) is 4.37. The van der Waals surface area contributed by atoms with Gasteiger partial charge in [-0.15, -0.1) is 0 Å². The molecule has 1 N–H and O–H groups in total. The highest BCUT2D eigenvalue weighted by Gasteiger charge is 2.12. The maximum Gasteiger partial charge on any atom is 0.273 e. The molecule has 0 atom stereocenters. The molecule has 0 saturated heterocycles. The molecule has 0 aliphatic heterocycles. The predicted molar refractivity (Wildman–Crippen MR) is 61.8 cm³/mol. The van der Waals surface area contributed by atoms with Crippen LogP contribution in [0, 0.1) is 19.7 Å². The molecule has 2 rings (SSSR count). The molecule has 4 nitrogen and oxygen atoms in total. The van der Waals surface area contributed by atoms with E-state index in [1.165, 1.54) is 12.3 Å². The van der Waals surface area contributed by atoms with Crippen LogP contribution in [0.5, 0.6) is 0 Å². The number of carbonyl (C=O) groups is 1. The molecule has 17 heavy (non-hydrogen) atoms. The highest BCUT2D eigenvalue weighted by atomic mass is 19.1. The number of carbonyl (C=O) groups excluding carboxylic acids is 1. The lowest BCUT2D eigenvalue weighted by Gasteiger charge is -2.11. The van der Waals surface area contributed by atoms with Crippen LogP contribution in [0.1, 0.15) is 21.7 Å². The number of amides is 1. The number of aromatic nitrogens is 2. The van der Waals surface area contributed by atoms with Gasteiger partial charge in [0.05, 0.1) is 11.8 Å². The van der Waals surface area contributed by atoms with Gasteiger partial charge in [-0.05, 0) is 32.0 Å². The number of hydrogen-bond donors (Lipinski definition) is 1. The first-order valence-electron chi connectivity index (χ1n) is 5.15. The smallest absolute Gasteiger partial charge is 0.267 e. The molecule has 88 valence electrons. The zero-order valence-electron chi connectivity index (χ0n) is 9.57. The zero-order valence-corrected chi connectivity index (χ0v) is 9.57. The summed E-state index contributed by atoms with van der Waals surface area (Å²) >= 11 is 0. The molecule has 0 spiro atoms. The lowest BCUT2D eigenvalue weighted by Crippen LogP contribution is -2.25. The van der Waals surface area contributed by atoms with E-state index < -0.39 is 11.7 Å². The average Bonchev–Trinajstić information content (AvgIpc) is 2.61. The van der Waals surface area contributed by atoms with Crippen molar-refractivity contribution < 1.29 is 9.18 Å². The van der Waals surface area contributed by atoms with E-state index in [1.54, 1.807) is 4.68 Å². The van der Waals surface area contributed by atoms with Crippen molar-refractivity contribution in [2.75, 3.05) is 5.43 Å². The van der Waals surface area contributed by atoms with Crippen LogP contribution in [0.2, 0.25) is 0 Å². The van der Waals surface area contributed by atoms with Gasteiger partial charge in [0, 0.05) is 17.6 Å². The van der Waals surface area contributed by atoms with Crippen LogP contribution in [0.4, 0.5) is 4.39 Å². The van der Waals surface area contributed by atoms with Gasteiger partial charge in [-0.3, -0.25) is 19.9 Å². The minimum absolute atomic E-state index is 0.0208. The summed E-state index contributed by atoms with van der Waals surface area (Å²) in [4.78, 5) is 15.4. The first-order chi connectivity index (χ1) is 8.09. The number of halogens is 1. The molecule has 1 amide bonds. The largest absolute Gasteiger partial charge is 0.273 e. The van der Waals surface area contributed by atoms with E-state index in [-0.39, 0.29) is 5.56 Å². The van der Waals surface area contributed by atoms with E-state index in [0.29, 0.717) is 0 Å². The molecule has 2 aromatic heterocycles. The first kappa shape index (κ1) is 11.3. The first-order valence-corrected chi connectivity index (χ1v) is 5.15. The van der Waals surface area contributed by atoms with Crippen molar-refractivity contribution >= 4 is 5.91 Å². The van der Waals surface area contributed by atoms with Gasteiger partial charge in [0.2, 0.25) is 0 Å². The number of nitrogens with one attached hydrogen (secondary N) is 1. The number of pyridine rings is 1. The average molecular weight is 233 g/mol. The van der Waals surface area contributed by atoms with E-state index in [1.807, 2.05) is 26.0 Å². The highest BCUT2D eigenvalue weighted by Crippen LogP contribution is 2.08. The Morgan fingerprint density at radius 3 is 2.53 bits per heavy atom. The number of rotatable bonds is 2. The quantitative estimate of drug-likeness (QED) is 0.862. The third kappa shape index (κ3) is 2.18. The summed E-state index contributed by atoms with van der Waals surface area (Å²) in [7, 11) is 0. The Bertz CT molecular complexity index is 543. The second-order valence-corrected chi connectivity index (χ2v) is 3.75. The fraction of sp³-hybridized carbons (Fsp3) is 0.167. The molecule has 0 aromatic carbocycles. The second-order valence-electron chi connectivity index (χ2n) is 3.75. The summed E-state index contributed by atoms with van der Waals surface area (Å²) in [5, 5.41) is 0. The third-order valence-electron chi connectivity index (χ3n) is 2.50. The van der Waals surface area contributed by atoms with Crippen LogP contribution in [0.15, 0.2) is 30.6 Å². The SMILES string of the molecule is Cc1ccc(C)n1NC(=O)c1ccncc1F. The van der Waals surface area contributed by atoms with Crippen LogP contribution < -0.4 is 5.43 Å². The van der Waals surface area contributed by atoms with Gasteiger partial charge in [-0.1, -0.05) is 0 Å². The summed E-state index contributed by atoms with van der Waals surface area (Å²) in [5.74, 6) is -1.13. The Labute approximate surface area is 98.1 Å². The molecule has 0 bridgehead atoms. The van der Waals surface area contributed by atoms with E-state index >= 15 is 0 Å². The molecular weight excluding hydrogens is 221 g/mol. The van der Waals surface area contributed by atoms with Crippen LogP contribution in [-0.4, -0.2) is 15.6 Å². The minimum atomic E-state index is -0.632. The molecule has 0 radical (unpaired) electrons. The summed E-state index contributed by atoms with van der Waals surface area (Å²) in [5.41, 5.74) is 4.36. The number of nitrogens with zero attached hydrogens (tertiary/aromatic N) is 2. The van der Waals surface area contributed by atoms with Crippen LogP contribution in [-0.2, 0) is 0 Å². The maximum atomic E-state index is 13.3. The van der Waals surface area contributed by atoms with Crippen LogP contribution >= 0.6 is 0 Å². The molecule has 2 heterocycles. The molecule has 0 aliphatic carbocycles. The normalized spacial score (nSPS) is 10.3. The van der Waals surface area contributed by atoms with E-state index in [0.717, 1.165) is 17.6 Å². The van der Waals surface area contributed by atoms with E-state index in [9.17, 15) is 9.18 Å². The molecule has 0 unspecified atom stereocenters. The fourth-order valence-electron chi connectivity index (χ4n) is 1.57. The Kier molecular flexibility index (Phi) is 2.91. The van der Waals surface area contributed by atoms with Gasteiger partial charge in [0.15, 0.2) is 5.82 Å². The Morgan fingerprint density at radius 2 is 1.94 bits per heavy atom. The van der Waals surface area contributed by atoms with Crippen molar-refractivity contribution in [3.8, 4) is 0 Å². The Morgan fingerprint density at radius 1 is 1.29 bits per heavy atom.